The molecule has 2 heterocycles. The number of ether oxygens (including phenoxy) is 1. The first-order valence-corrected chi connectivity index (χ1v) is 5.56. The molecule has 1 aromatic heterocycles. The predicted molar refractivity (Wildman–Crippen MR) is 58.5 cm³/mol. The SMILES string of the molecule is Clc1cc([C@H]2COCCN2)c(Br)cn1. The fourth-order valence-electron chi connectivity index (χ4n) is 1.46. The van der Waals surface area contributed by atoms with Gasteiger partial charge in [-0.05, 0) is 27.6 Å². The van der Waals surface area contributed by atoms with Gasteiger partial charge in [-0.3, -0.25) is 0 Å². The van der Waals surface area contributed by atoms with E-state index >= 15 is 0 Å². The van der Waals surface area contributed by atoms with Crippen molar-refractivity contribution in [2.24, 2.45) is 0 Å². The summed E-state index contributed by atoms with van der Waals surface area (Å²) in [5.74, 6) is 0. The van der Waals surface area contributed by atoms with E-state index in [0.717, 1.165) is 23.2 Å². The van der Waals surface area contributed by atoms with E-state index in [4.69, 9.17) is 16.3 Å². The van der Waals surface area contributed by atoms with E-state index in [2.05, 4.69) is 26.2 Å². The Morgan fingerprint density at radius 3 is 3.21 bits per heavy atom. The zero-order valence-corrected chi connectivity index (χ0v) is 9.81. The summed E-state index contributed by atoms with van der Waals surface area (Å²) in [5, 5.41) is 3.87. The van der Waals surface area contributed by atoms with Crippen molar-refractivity contribution in [2.75, 3.05) is 19.8 Å². The Balaban J connectivity index is 2.24. The van der Waals surface area contributed by atoms with Crippen LogP contribution in [0.5, 0.6) is 0 Å². The van der Waals surface area contributed by atoms with Crippen LogP contribution in [-0.2, 0) is 4.74 Å². The maximum Gasteiger partial charge on any atom is 0.129 e. The summed E-state index contributed by atoms with van der Waals surface area (Å²) in [7, 11) is 0. The molecule has 5 heteroatoms. The number of pyridine rings is 1. The first kappa shape index (κ1) is 10.4. The van der Waals surface area contributed by atoms with Crippen molar-refractivity contribution in [1.82, 2.24) is 10.3 Å². The molecule has 3 nitrogen and oxygen atoms in total. The van der Waals surface area contributed by atoms with E-state index in [1.165, 1.54) is 0 Å². The second-order valence-electron chi connectivity index (χ2n) is 3.11. The van der Waals surface area contributed by atoms with Crippen molar-refractivity contribution >= 4 is 27.5 Å². The molecule has 0 aliphatic carbocycles. The number of nitrogens with zero attached hydrogens (tertiary/aromatic N) is 1. The van der Waals surface area contributed by atoms with Crippen molar-refractivity contribution < 1.29 is 4.74 Å². The number of hydrogen-bond donors (Lipinski definition) is 1. The fourth-order valence-corrected chi connectivity index (χ4v) is 2.12. The van der Waals surface area contributed by atoms with Crippen LogP contribution in [0.1, 0.15) is 11.6 Å². The Labute approximate surface area is 95.9 Å². The highest BCUT2D eigenvalue weighted by atomic mass is 79.9. The third-order valence-corrected chi connectivity index (χ3v) is 3.02. The first-order chi connectivity index (χ1) is 6.77. The quantitative estimate of drug-likeness (QED) is 0.799. The monoisotopic (exact) mass is 276 g/mol. The maximum absolute atomic E-state index is 5.84. The molecule has 1 atom stereocenters. The highest BCUT2D eigenvalue weighted by Gasteiger charge is 2.18. The molecule has 0 radical (unpaired) electrons. The predicted octanol–water partition coefficient (Wildman–Crippen LogP) is 2.16. The smallest absolute Gasteiger partial charge is 0.129 e. The Bertz CT molecular complexity index is 329. The first-order valence-electron chi connectivity index (χ1n) is 4.39. The number of morpholine rings is 1. The van der Waals surface area contributed by atoms with Crippen molar-refractivity contribution in [3.8, 4) is 0 Å². The van der Waals surface area contributed by atoms with Gasteiger partial charge in [0.25, 0.3) is 0 Å². The van der Waals surface area contributed by atoms with Gasteiger partial charge in [-0.1, -0.05) is 11.6 Å². The normalized spacial score (nSPS) is 22.3. The molecule has 1 aliphatic rings. The molecule has 1 aliphatic heterocycles. The van der Waals surface area contributed by atoms with Crippen LogP contribution in [0.15, 0.2) is 16.7 Å². The number of nitrogens with one attached hydrogen (secondary N) is 1. The van der Waals surface area contributed by atoms with Gasteiger partial charge in [-0.25, -0.2) is 4.98 Å². The average molecular weight is 278 g/mol. The number of hydrogen-bond acceptors (Lipinski definition) is 3. The van der Waals surface area contributed by atoms with E-state index in [1.54, 1.807) is 6.20 Å². The minimum atomic E-state index is 0.207. The third kappa shape index (κ3) is 2.25. The summed E-state index contributed by atoms with van der Waals surface area (Å²) in [4.78, 5) is 3.98. The van der Waals surface area contributed by atoms with Gasteiger partial charge in [-0.15, -0.1) is 0 Å². The zero-order valence-electron chi connectivity index (χ0n) is 7.46. The summed E-state index contributed by atoms with van der Waals surface area (Å²) < 4.78 is 6.35. The van der Waals surface area contributed by atoms with Gasteiger partial charge >= 0.3 is 0 Å². The van der Waals surface area contributed by atoms with Gasteiger partial charge in [0.05, 0.1) is 19.3 Å². The van der Waals surface area contributed by atoms with Crippen LogP contribution in [-0.4, -0.2) is 24.7 Å². The van der Waals surface area contributed by atoms with E-state index in [1.807, 2.05) is 6.07 Å². The van der Waals surface area contributed by atoms with Crippen LogP contribution < -0.4 is 5.32 Å². The van der Waals surface area contributed by atoms with Crippen molar-refractivity contribution in [3.05, 3.63) is 27.5 Å². The number of rotatable bonds is 1. The fraction of sp³-hybridized carbons (Fsp3) is 0.444. The minimum absolute atomic E-state index is 0.207. The number of aromatic nitrogens is 1. The third-order valence-electron chi connectivity index (χ3n) is 2.15. The van der Waals surface area contributed by atoms with Crippen LogP contribution in [0.4, 0.5) is 0 Å². The molecule has 0 aromatic carbocycles. The lowest BCUT2D eigenvalue weighted by Gasteiger charge is -2.24. The average Bonchev–Trinajstić information content (AvgIpc) is 2.23. The Morgan fingerprint density at radius 1 is 1.64 bits per heavy atom. The van der Waals surface area contributed by atoms with Gasteiger partial charge < -0.3 is 10.1 Å². The van der Waals surface area contributed by atoms with Crippen LogP contribution >= 0.6 is 27.5 Å². The highest BCUT2D eigenvalue weighted by Crippen LogP contribution is 2.26. The minimum Gasteiger partial charge on any atom is -0.378 e. The molecule has 0 amide bonds. The van der Waals surface area contributed by atoms with E-state index in [-0.39, 0.29) is 6.04 Å². The zero-order chi connectivity index (χ0) is 9.97. The van der Waals surface area contributed by atoms with Crippen LogP contribution in [0, 0.1) is 0 Å². The highest BCUT2D eigenvalue weighted by molar-refractivity contribution is 9.10. The Morgan fingerprint density at radius 2 is 2.50 bits per heavy atom. The van der Waals surface area contributed by atoms with Gasteiger partial charge in [0, 0.05) is 17.2 Å². The van der Waals surface area contributed by atoms with Crippen LogP contribution in [0.2, 0.25) is 5.15 Å². The Hall–Kier alpha value is -0.160. The second kappa shape index (κ2) is 4.57. The van der Waals surface area contributed by atoms with Gasteiger partial charge in [-0.2, -0.15) is 0 Å². The lowest BCUT2D eigenvalue weighted by Crippen LogP contribution is -2.34. The molecular formula is C9H10BrClN2O. The van der Waals surface area contributed by atoms with Crippen LogP contribution in [0.25, 0.3) is 0 Å². The molecule has 1 saturated heterocycles. The Kier molecular flexibility index (Phi) is 3.38. The van der Waals surface area contributed by atoms with Crippen molar-refractivity contribution in [1.29, 1.82) is 0 Å². The van der Waals surface area contributed by atoms with Gasteiger partial charge in [0.1, 0.15) is 5.15 Å². The lowest BCUT2D eigenvalue weighted by atomic mass is 10.1. The molecule has 0 unspecified atom stereocenters. The topological polar surface area (TPSA) is 34.1 Å². The molecule has 1 fully saturated rings. The summed E-state index contributed by atoms with van der Waals surface area (Å²) >= 11 is 9.28. The second-order valence-corrected chi connectivity index (χ2v) is 4.35. The summed E-state index contributed by atoms with van der Waals surface area (Å²) in [6.45, 7) is 2.32. The molecule has 1 N–H and O–H groups in total. The standard InChI is InChI=1S/C9H10BrClN2O/c10-7-4-13-9(11)3-6(7)8-5-14-2-1-12-8/h3-4,8,12H,1-2,5H2/t8-/m1/s1. The summed E-state index contributed by atoms with van der Waals surface area (Å²) in [6, 6.07) is 2.07. The van der Waals surface area contributed by atoms with Crippen molar-refractivity contribution in [3.63, 3.8) is 0 Å². The van der Waals surface area contributed by atoms with E-state index in [0.29, 0.717) is 11.8 Å². The molecule has 76 valence electrons. The largest absolute Gasteiger partial charge is 0.378 e. The van der Waals surface area contributed by atoms with E-state index in [9.17, 15) is 0 Å². The molecule has 0 spiro atoms. The van der Waals surface area contributed by atoms with E-state index < -0.39 is 0 Å². The molecule has 0 saturated carbocycles. The summed E-state index contributed by atoms with van der Waals surface area (Å²) in [6.07, 6.45) is 1.72. The van der Waals surface area contributed by atoms with Crippen molar-refractivity contribution in [2.45, 2.75) is 6.04 Å². The molecule has 1 aromatic rings. The van der Waals surface area contributed by atoms with Gasteiger partial charge in [0.15, 0.2) is 0 Å². The summed E-state index contributed by atoms with van der Waals surface area (Å²) in [5.41, 5.74) is 1.10. The number of halogens is 2. The molecule has 14 heavy (non-hydrogen) atoms. The molecular weight excluding hydrogens is 267 g/mol. The van der Waals surface area contributed by atoms with Gasteiger partial charge in [0.2, 0.25) is 0 Å². The van der Waals surface area contributed by atoms with Crippen LogP contribution in [0.3, 0.4) is 0 Å². The molecule has 0 bridgehead atoms. The maximum atomic E-state index is 5.84. The lowest BCUT2D eigenvalue weighted by molar-refractivity contribution is 0.0766. The molecule has 2 rings (SSSR count).